The highest BCUT2D eigenvalue weighted by molar-refractivity contribution is 7.99. The summed E-state index contributed by atoms with van der Waals surface area (Å²) in [6, 6.07) is 10.3. The second-order valence-corrected chi connectivity index (χ2v) is 7.68. The SMILES string of the molecule is COc1cc(OC)cc(C(=O)N2CSCC2C(=O)Nc2ccc(C)c(C)c2)c1. The number of methoxy groups -OCH3 is 2. The molecule has 1 aliphatic heterocycles. The molecule has 2 amide bonds. The van der Waals surface area contributed by atoms with E-state index >= 15 is 0 Å². The van der Waals surface area contributed by atoms with Crippen molar-refractivity contribution in [2.75, 3.05) is 31.2 Å². The fraction of sp³-hybridized carbons (Fsp3) is 0.333. The Morgan fingerprint density at radius 2 is 1.71 bits per heavy atom. The number of hydrogen-bond acceptors (Lipinski definition) is 5. The zero-order chi connectivity index (χ0) is 20.3. The molecule has 0 aromatic heterocycles. The van der Waals surface area contributed by atoms with E-state index < -0.39 is 6.04 Å². The summed E-state index contributed by atoms with van der Waals surface area (Å²) in [6.45, 7) is 4.03. The van der Waals surface area contributed by atoms with E-state index in [1.165, 1.54) is 14.2 Å². The van der Waals surface area contributed by atoms with Gasteiger partial charge >= 0.3 is 0 Å². The van der Waals surface area contributed by atoms with Gasteiger partial charge < -0.3 is 19.7 Å². The largest absolute Gasteiger partial charge is 0.497 e. The number of thioether (sulfide) groups is 1. The molecule has 2 aromatic carbocycles. The Hall–Kier alpha value is -2.67. The predicted octanol–water partition coefficient (Wildman–Crippen LogP) is 3.47. The van der Waals surface area contributed by atoms with Gasteiger partial charge in [-0.1, -0.05) is 6.07 Å². The van der Waals surface area contributed by atoms with Crippen molar-refractivity contribution in [3.8, 4) is 11.5 Å². The number of anilines is 1. The van der Waals surface area contributed by atoms with Gasteiger partial charge in [-0.25, -0.2) is 0 Å². The first kappa shape index (κ1) is 20.1. The van der Waals surface area contributed by atoms with Crippen LogP contribution in [0, 0.1) is 13.8 Å². The lowest BCUT2D eigenvalue weighted by Crippen LogP contribution is -2.44. The van der Waals surface area contributed by atoms with Crippen LogP contribution in [0.4, 0.5) is 5.69 Å². The maximum Gasteiger partial charge on any atom is 0.255 e. The van der Waals surface area contributed by atoms with Crippen molar-refractivity contribution in [1.82, 2.24) is 4.90 Å². The van der Waals surface area contributed by atoms with Gasteiger partial charge in [-0.3, -0.25) is 9.59 Å². The van der Waals surface area contributed by atoms with Gasteiger partial charge in [-0.05, 0) is 49.2 Å². The Labute approximate surface area is 169 Å². The Morgan fingerprint density at radius 3 is 2.32 bits per heavy atom. The quantitative estimate of drug-likeness (QED) is 0.832. The highest BCUT2D eigenvalue weighted by Crippen LogP contribution is 2.28. The molecule has 6 nitrogen and oxygen atoms in total. The molecule has 28 heavy (non-hydrogen) atoms. The molecular weight excluding hydrogens is 376 g/mol. The molecule has 1 saturated heterocycles. The van der Waals surface area contributed by atoms with E-state index in [2.05, 4.69) is 5.32 Å². The first-order chi connectivity index (χ1) is 13.4. The number of carbonyl (C=O) groups excluding carboxylic acids is 2. The third-order valence-electron chi connectivity index (χ3n) is 4.82. The average molecular weight is 401 g/mol. The van der Waals surface area contributed by atoms with Crippen molar-refractivity contribution in [3.63, 3.8) is 0 Å². The smallest absolute Gasteiger partial charge is 0.255 e. The van der Waals surface area contributed by atoms with Gasteiger partial charge in [-0.2, -0.15) is 0 Å². The number of amides is 2. The van der Waals surface area contributed by atoms with E-state index in [9.17, 15) is 9.59 Å². The van der Waals surface area contributed by atoms with Gasteiger partial charge in [0.1, 0.15) is 17.5 Å². The maximum atomic E-state index is 13.1. The monoisotopic (exact) mass is 400 g/mol. The van der Waals surface area contributed by atoms with Crippen LogP contribution in [0.3, 0.4) is 0 Å². The lowest BCUT2D eigenvalue weighted by Gasteiger charge is -2.23. The minimum Gasteiger partial charge on any atom is -0.497 e. The molecule has 1 fully saturated rings. The van der Waals surface area contributed by atoms with E-state index in [0.29, 0.717) is 28.7 Å². The standard InChI is InChI=1S/C21H24N2O4S/c1-13-5-6-16(7-14(13)2)22-20(24)19-11-28-12-23(19)21(25)15-8-17(26-3)10-18(9-15)27-4/h5-10,19H,11-12H2,1-4H3,(H,22,24). The minimum atomic E-state index is -0.531. The van der Waals surface area contributed by atoms with E-state index in [4.69, 9.17) is 9.47 Å². The van der Waals surface area contributed by atoms with Crippen LogP contribution in [0.15, 0.2) is 36.4 Å². The van der Waals surface area contributed by atoms with Crippen LogP contribution in [-0.4, -0.2) is 48.6 Å². The minimum absolute atomic E-state index is 0.184. The molecule has 0 saturated carbocycles. The van der Waals surface area contributed by atoms with Gasteiger partial charge in [0.15, 0.2) is 0 Å². The van der Waals surface area contributed by atoms with E-state index in [0.717, 1.165) is 16.8 Å². The Balaban J connectivity index is 1.79. The Morgan fingerprint density at radius 1 is 1.04 bits per heavy atom. The molecule has 0 radical (unpaired) electrons. The molecule has 1 heterocycles. The van der Waals surface area contributed by atoms with Crippen LogP contribution in [-0.2, 0) is 4.79 Å². The summed E-state index contributed by atoms with van der Waals surface area (Å²) in [5, 5.41) is 2.94. The molecule has 148 valence electrons. The second-order valence-electron chi connectivity index (χ2n) is 6.68. The first-order valence-electron chi connectivity index (χ1n) is 8.93. The molecule has 0 aliphatic carbocycles. The molecule has 0 spiro atoms. The van der Waals surface area contributed by atoms with Crippen molar-refractivity contribution in [1.29, 1.82) is 0 Å². The molecule has 2 aromatic rings. The summed E-state index contributed by atoms with van der Waals surface area (Å²) >= 11 is 1.56. The summed E-state index contributed by atoms with van der Waals surface area (Å²) in [5.74, 6) is 1.68. The molecule has 3 rings (SSSR count). The fourth-order valence-electron chi connectivity index (χ4n) is 3.00. The van der Waals surface area contributed by atoms with Gasteiger partial charge in [0, 0.05) is 23.1 Å². The summed E-state index contributed by atoms with van der Waals surface area (Å²) < 4.78 is 10.5. The Bertz CT molecular complexity index is 878. The summed E-state index contributed by atoms with van der Waals surface area (Å²) in [6.07, 6.45) is 0. The second kappa shape index (κ2) is 8.56. The third-order valence-corrected chi connectivity index (χ3v) is 5.83. The number of ether oxygens (including phenoxy) is 2. The number of benzene rings is 2. The van der Waals surface area contributed by atoms with Crippen molar-refractivity contribution < 1.29 is 19.1 Å². The van der Waals surface area contributed by atoms with E-state index in [-0.39, 0.29) is 11.8 Å². The highest BCUT2D eigenvalue weighted by atomic mass is 32.2. The summed E-state index contributed by atoms with van der Waals surface area (Å²) in [5.41, 5.74) is 3.44. The van der Waals surface area contributed by atoms with Crippen LogP contribution < -0.4 is 14.8 Å². The molecule has 7 heteroatoms. The van der Waals surface area contributed by atoms with Gasteiger partial charge in [0.25, 0.3) is 5.91 Å². The van der Waals surface area contributed by atoms with Crippen molar-refractivity contribution in [2.24, 2.45) is 0 Å². The lowest BCUT2D eigenvalue weighted by molar-refractivity contribution is -0.119. The third kappa shape index (κ3) is 4.25. The van der Waals surface area contributed by atoms with E-state index in [1.54, 1.807) is 34.9 Å². The Kier molecular flexibility index (Phi) is 6.14. The van der Waals surface area contributed by atoms with E-state index in [1.807, 2.05) is 32.0 Å². The maximum absolute atomic E-state index is 13.1. The number of nitrogens with one attached hydrogen (secondary N) is 1. The molecular formula is C21H24N2O4S. The summed E-state index contributed by atoms with van der Waals surface area (Å²) in [4.78, 5) is 27.5. The number of hydrogen-bond donors (Lipinski definition) is 1. The van der Waals surface area contributed by atoms with Gasteiger partial charge in [0.05, 0.1) is 20.1 Å². The zero-order valence-electron chi connectivity index (χ0n) is 16.4. The normalized spacial score (nSPS) is 16.0. The van der Waals surface area contributed by atoms with Crippen LogP contribution in [0.25, 0.3) is 0 Å². The lowest BCUT2D eigenvalue weighted by atomic mass is 10.1. The topological polar surface area (TPSA) is 67.9 Å². The van der Waals surface area contributed by atoms with Crippen molar-refractivity contribution >= 4 is 29.3 Å². The van der Waals surface area contributed by atoms with Crippen LogP contribution in [0.5, 0.6) is 11.5 Å². The number of carbonyl (C=O) groups is 2. The predicted molar refractivity (Wildman–Crippen MR) is 111 cm³/mol. The fourth-order valence-corrected chi connectivity index (χ4v) is 4.16. The molecule has 1 atom stereocenters. The molecule has 1 unspecified atom stereocenters. The first-order valence-corrected chi connectivity index (χ1v) is 10.1. The zero-order valence-corrected chi connectivity index (χ0v) is 17.3. The van der Waals surface area contributed by atoms with Gasteiger partial charge in [-0.15, -0.1) is 11.8 Å². The average Bonchev–Trinajstić information content (AvgIpc) is 3.19. The highest BCUT2D eigenvalue weighted by Gasteiger charge is 2.35. The number of nitrogens with zero attached hydrogens (tertiary/aromatic N) is 1. The van der Waals surface area contributed by atoms with Crippen molar-refractivity contribution in [2.45, 2.75) is 19.9 Å². The summed E-state index contributed by atoms with van der Waals surface area (Å²) in [7, 11) is 3.07. The number of aryl methyl sites for hydroxylation is 2. The van der Waals surface area contributed by atoms with Crippen LogP contribution in [0.2, 0.25) is 0 Å². The molecule has 0 bridgehead atoms. The van der Waals surface area contributed by atoms with Gasteiger partial charge in [0.2, 0.25) is 5.91 Å². The van der Waals surface area contributed by atoms with Crippen molar-refractivity contribution in [3.05, 3.63) is 53.1 Å². The molecule has 1 N–H and O–H groups in total. The molecule has 1 aliphatic rings. The van der Waals surface area contributed by atoms with Crippen LogP contribution >= 0.6 is 11.8 Å². The van der Waals surface area contributed by atoms with Crippen LogP contribution in [0.1, 0.15) is 21.5 Å². The number of rotatable bonds is 5.